The molecular formula is C54H106O. The van der Waals surface area contributed by atoms with Crippen molar-refractivity contribution in [2.45, 2.75) is 269 Å². The van der Waals surface area contributed by atoms with E-state index in [4.69, 9.17) is 0 Å². The Balaban J connectivity index is -0.00000105. The second kappa shape index (κ2) is 52.6. The molecule has 0 bridgehead atoms. The number of carbonyl (C=O) groups excluding carboxylic acids is 1. The zero-order valence-electron chi connectivity index (χ0n) is 40.4. The minimum absolute atomic E-state index is 0.530. The monoisotopic (exact) mass is 771 g/mol. The number of rotatable bonds is 30. The molecule has 0 N–H and O–H groups in total. The van der Waals surface area contributed by atoms with Gasteiger partial charge in [-0.2, -0.15) is 0 Å². The largest absolute Gasteiger partial charge is 0.300 e. The van der Waals surface area contributed by atoms with Crippen LogP contribution in [0.1, 0.15) is 269 Å². The Morgan fingerprint density at radius 1 is 0.564 bits per heavy atom. The third-order valence-electron chi connectivity index (χ3n) is 10.2. The van der Waals surface area contributed by atoms with Crippen LogP contribution in [0.2, 0.25) is 0 Å². The number of Topliss-reactive ketones (excluding diaryl/α,β-unsaturated/α-hetero) is 1. The highest BCUT2D eigenvalue weighted by Gasteiger charge is 2.36. The van der Waals surface area contributed by atoms with Gasteiger partial charge in [-0.3, -0.25) is 4.79 Å². The van der Waals surface area contributed by atoms with Crippen LogP contribution in [0.5, 0.6) is 0 Å². The van der Waals surface area contributed by atoms with Crippen molar-refractivity contribution in [2.75, 3.05) is 0 Å². The van der Waals surface area contributed by atoms with Crippen LogP contribution in [-0.2, 0) is 4.79 Å². The molecule has 0 aromatic heterocycles. The third kappa shape index (κ3) is 46.9. The molecule has 0 radical (unpaired) electrons. The topological polar surface area (TPSA) is 17.1 Å². The van der Waals surface area contributed by atoms with Crippen molar-refractivity contribution in [3.63, 3.8) is 0 Å². The molecule has 1 aliphatic rings. The summed E-state index contributed by atoms with van der Waals surface area (Å²) in [5, 5.41) is 0. The van der Waals surface area contributed by atoms with Gasteiger partial charge in [0, 0.05) is 12.8 Å². The molecule has 0 amide bonds. The minimum atomic E-state index is 0.530. The highest BCUT2D eigenvalue weighted by Crippen LogP contribution is 2.45. The van der Waals surface area contributed by atoms with Crippen molar-refractivity contribution in [3.05, 3.63) is 48.6 Å². The first-order valence-corrected chi connectivity index (χ1v) is 24.9. The molecule has 0 aromatic carbocycles. The Morgan fingerprint density at radius 2 is 1.04 bits per heavy atom. The number of hydrogen-bond donors (Lipinski definition) is 0. The highest BCUT2D eigenvalue weighted by atomic mass is 16.1. The van der Waals surface area contributed by atoms with Crippen LogP contribution in [0.25, 0.3) is 0 Å². The second-order valence-corrected chi connectivity index (χ2v) is 16.5. The average Bonchev–Trinajstić information content (AvgIpc) is 3.54. The van der Waals surface area contributed by atoms with Crippen LogP contribution in [0.15, 0.2) is 48.6 Å². The maximum absolute atomic E-state index is 13.0. The summed E-state index contributed by atoms with van der Waals surface area (Å²) in [4.78, 5) is 13.0. The summed E-state index contributed by atoms with van der Waals surface area (Å²) in [5.41, 5.74) is 1.44. The summed E-state index contributed by atoms with van der Waals surface area (Å²) in [7, 11) is 0. The van der Waals surface area contributed by atoms with E-state index in [1.54, 1.807) is 0 Å². The Kier molecular flexibility index (Phi) is 57.7. The number of ketones is 1. The maximum atomic E-state index is 13.0. The van der Waals surface area contributed by atoms with Gasteiger partial charge in [-0.25, -0.2) is 0 Å². The lowest BCUT2D eigenvalue weighted by molar-refractivity contribution is -0.120. The Labute approximate surface area is 351 Å². The fourth-order valence-corrected chi connectivity index (χ4v) is 7.23. The zero-order valence-corrected chi connectivity index (χ0v) is 40.4. The quantitative estimate of drug-likeness (QED) is 0.0525. The van der Waals surface area contributed by atoms with Gasteiger partial charge < -0.3 is 0 Å². The molecule has 0 aliphatic heterocycles. The number of unbranched alkanes of at least 4 members (excludes halogenated alkanes) is 12. The van der Waals surface area contributed by atoms with Gasteiger partial charge >= 0.3 is 0 Å². The lowest BCUT2D eigenvalue weighted by Gasteiger charge is -2.25. The van der Waals surface area contributed by atoms with Crippen molar-refractivity contribution in [2.24, 2.45) is 23.7 Å². The van der Waals surface area contributed by atoms with Gasteiger partial charge in [0.2, 0.25) is 0 Å². The van der Waals surface area contributed by atoms with E-state index in [2.05, 4.69) is 112 Å². The molecule has 1 rings (SSSR count). The van der Waals surface area contributed by atoms with Gasteiger partial charge in [0.1, 0.15) is 5.78 Å². The minimum Gasteiger partial charge on any atom is -0.300 e. The summed E-state index contributed by atoms with van der Waals surface area (Å²) < 4.78 is 0. The predicted octanol–water partition coefficient (Wildman–Crippen LogP) is 19.8. The Hall–Kier alpha value is -1.37. The Bertz CT molecular complexity index is 810. The smallest absolute Gasteiger partial charge is 0.133 e. The maximum Gasteiger partial charge on any atom is 0.133 e. The van der Waals surface area contributed by atoms with E-state index in [1.165, 1.54) is 153 Å². The molecular weight excluding hydrogens is 665 g/mol. The second-order valence-electron chi connectivity index (χ2n) is 16.5. The lowest BCUT2D eigenvalue weighted by Crippen LogP contribution is -2.18. The predicted molar refractivity (Wildman–Crippen MR) is 258 cm³/mol. The fourth-order valence-electron chi connectivity index (χ4n) is 7.23. The van der Waals surface area contributed by atoms with Gasteiger partial charge in [-0.1, -0.05) is 222 Å². The van der Waals surface area contributed by atoms with E-state index in [0.29, 0.717) is 23.5 Å². The molecule has 1 aliphatic carbocycles. The van der Waals surface area contributed by atoms with E-state index in [-0.39, 0.29) is 0 Å². The van der Waals surface area contributed by atoms with E-state index in [0.717, 1.165) is 44.4 Å². The molecule has 0 spiro atoms. The molecule has 55 heavy (non-hydrogen) atoms. The molecule has 4 atom stereocenters. The molecule has 1 nitrogen and oxygen atoms in total. The first-order valence-electron chi connectivity index (χ1n) is 24.9. The fraction of sp³-hybridized carbons (Fsp3) is 0.833. The van der Waals surface area contributed by atoms with Crippen molar-refractivity contribution in [1.29, 1.82) is 0 Å². The van der Waals surface area contributed by atoms with Gasteiger partial charge in [-0.05, 0) is 107 Å². The summed E-state index contributed by atoms with van der Waals surface area (Å²) >= 11 is 0. The normalized spacial score (nSPS) is 16.8. The molecule has 1 heteroatoms. The molecule has 4 unspecified atom stereocenters. The number of carbonyl (C=O) groups is 1. The van der Waals surface area contributed by atoms with Crippen LogP contribution < -0.4 is 0 Å². The SMILES string of the molecule is C=C(CCCC)CC1CCC(CC(=O)CCC(C)CCCCCCCCCC/C=C\C/C=C\CCCCC)C1C/C=C\CC.CC.CCC.CCC.CCC. The number of allylic oxidation sites excluding steroid dienone is 7. The van der Waals surface area contributed by atoms with Crippen molar-refractivity contribution in [3.8, 4) is 0 Å². The Morgan fingerprint density at radius 3 is 1.55 bits per heavy atom. The van der Waals surface area contributed by atoms with Crippen LogP contribution >= 0.6 is 0 Å². The first-order chi connectivity index (χ1) is 26.8. The zero-order chi connectivity index (χ0) is 42.2. The highest BCUT2D eigenvalue weighted by molar-refractivity contribution is 5.78. The van der Waals surface area contributed by atoms with E-state index >= 15 is 0 Å². The molecule has 1 fully saturated rings. The summed E-state index contributed by atoms with van der Waals surface area (Å²) in [5.74, 6) is 3.21. The van der Waals surface area contributed by atoms with Crippen LogP contribution in [0, 0.1) is 23.7 Å². The van der Waals surface area contributed by atoms with E-state index in [9.17, 15) is 4.79 Å². The van der Waals surface area contributed by atoms with Crippen LogP contribution in [0.4, 0.5) is 0 Å². The molecule has 0 saturated heterocycles. The van der Waals surface area contributed by atoms with Gasteiger partial charge in [0.05, 0.1) is 0 Å². The van der Waals surface area contributed by atoms with Crippen molar-refractivity contribution in [1.82, 2.24) is 0 Å². The standard InChI is InChI=1S/C43H76O.3C3H8.C2H6/c1-6-9-12-13-14-15-16-17-18-19-20-21-22-23-24-25-26-28-30-38(4)32-35-42(44)37-41-34-33-40(36-39(5)29-11-8-3)43(41)31-27-10-7-2;3*1-3-2;1-2/h10,14-15,17-18,27,38,40-41,43H,5-9,11-13,16,19-26,28-37H2,1-4H3;3*3H2,1-2H3;1-2H3/b15-14-,18-17-,27-10-;;;;. The third-order valence-corrected chi connectivity index (χ3v) is 10.2. The molecule has 1 saturated carbocycles. The van der Waals surface area contributed by atoms with Crippen molar-refractivity contribution < 1.29 is 4.79 Å². The van der Waals surface area contributed by atoms with Gasteiger partial charge in [-0.15, -0.1) is 0 Å². The lowest BCUT2D eigenvalue weighted by atomic mass is 9.80. The van der Waals surface area contributed by atoms with Crippen LogP contribution in [-0.4, -0.2) is 5.78 Å². The summed E-state index contributed by atoms with van der Waals surface area (Å²) in [6.45, 7) is 30.3. The van der Waals surface area contributed by atoms with E-state index in [1.807, 2.05) is 13.8 Å². The van der Waals surface area contributed by atoms with Crippen molar-refractivity contribution >= 4 is 5.78 Å². The first kappa shape index (κ1) is 60.3. The summed E-state index contributed by atoms with van der Waals surface area (Å²) in [6, 6.07) is 0. The molecule has 0 aromatic rings. The van der Waals surface area contributed by atoms with E-state index < -0.39 is 0 Å². The average molecular weight is 771 g/mol. The van der Waals surface area contributed by atoms with Gasteiger partial charge in [0.25, 0.3) is 0 Å². The van der Waals surface area contributed by atoms with Gasteiger partial charge in [0.15, 0.2) is 0 Å². The van der Waals surface area contributed by atoms with Crippen LogP contribution in [0.3, 0.4) is 0 Å². The summed E-state index contributed by atoms with van der Waals surface area (Å²) in [6.07, 6.45) is 50.2. The molecule has 0 heterocycles. The number of hydrogen-bond acceptors (Lipinski definition) is 1. The molecule has 328 valence electrons.